The molecule has 3 aromatic carbocycles. The smallest absolute Gasteiger partial charge is 0.343 e. The van der Waals surface area contributed by atoms with E-state index in [0.29, 0.717) is 47.3 Å². The molecule has 5 rings (SSSR count). The summed E-state index contributed by atoms with van der Waals surface area (Å²) in [6.45, 7) is 2.44. The van der Waals surface area contributed by atoms with Crippen molar-refractivity contribution in [3.05, 3.63) is 83.9 Å². The molecule has 3 aromatic rings. The van der Waals surface area contributed by atoms with Crippen molar-refractivity contribution in [1.29, 1.82) is 0 Å². The molecular weight excluding hydrogens is 440 g/mol. The largest absolute Gasteiger partial charge is 0.491 e. The molecule has 0 aromatic heterocycles. The van der Waals surface area contributed by atoms with Gasteiger partial charge in [-0.2, -0.15) is 0 Å². The van der Waals surface area contributed by atoms with Gasteiger partial charge in [0.15, 0.2) is 0 Å². The van der Waals surface area contributed by atoms with Crippen LogP contribution in [0, 0.1) is 0 Å². The van der Waals surface area contributed by atoms with Crippen molar-refractivity contribution in [2.45, 2.75) is 12.2 Å². The maximum atomic E-state index is 12.4. The van der Waals surface area contributed by atoms with Crippen molar-refractivity contribution in [3.63, 3.8) is 0 Å². The Morgan fingerprint density at radius 3 is 1.24 bits per heavy atom. The highest BCUT2D eigenvalue weighted by atomic mass is 16.6. The van der Waals surface area contributed by atoms with E-state index in [1.807, 2.05) is 0 Å². The summed E-state index contributed by atoms with van der Waals surface area (Å²) in [6.07, 6.45) is 0.333. The summed E-state index contributed by atoms with van der Waals surface area (Å²) >= 11 is 0. The van der Waals surface area contributed by atoms with E-state index in [-0.39, 0.29) is 12.2 Å². The van der Waals surface area contributed by atoms with Gasteiger partial charge >= 0.3 is 11.9 Å². The minimum Gasteiger partial charge on any atom is -0.491 e. The number of epoxide rings is 2. The lowest BCUT2D eigenvalue weighted by Gasteiger charge is -2.08. The molecule has 0 radical (unpaired) electrons. The third kappa shape index (κ3) is 6.12. The van der Waals surface area contributed by atoms with E-state index in [9.17, 15) is 9.59 Å². The molecule has 0 aliphatic carbocycles. The van der Waals surface area contributed by atoms with Crippen molar-refractivity contribution in [2.24, 2.45) is 0 Å². The summed E-state index contributed by atoms with van der Waals surface area (Å²) in [6, 6.07) is 19.6. The molecule has 2 fully saturated rings. The lowest BCUT2D eigenvalue weighted by atomic mass is 10.2. The molecule has 0 saturated carbocycles. The predicted octanol–water partition coefficient (Wildman–Crippen LogP) is 3.68. The Morgan fingerprint density at radius 1 is 0.588 bits per heavy atom. The molecule has 0 N–H and O–H groups in total. The molecule has 0 amide bonds. The number of benzene rings is 3. The van der Waals surface area contributed by atoms with Gasteiger partial charge in [0, 0.05) is 0 Å². The highest BCUT2D eigenvalue weighted by Gasteiger charge is 2.23. The number of carbonyl (C=O) groups excluding carboxylic acids is 2. The molecule has 8 heteroatoms. The third-order valence-electron chi connectivity index (χ3n) is 5.10. The molecule has 2 aliphatic heterocycles. The van der Waals surface area contributed by atoms with Crippen LogP contribution in [0.1, 0.15) is 20.7 Å². The average Bonchev–Trinajstić information content (AvgIpc) is 3.79. The van der Waals surface area contributed by atoms with Crippen molar-refractivity contribution in [3.8, 4) is 23.0 Å². The summed E-state index contributed by atoms with van der Waals surface area (Å²) in [5, 5.41) is 0. The van der Waals surface area contributed by atoms with Crippen LogP contribution in [-0.4, -0.2) is 50.6 Å². The Labute approximate surface area is 195 Å². The first-order chi connectivity index (χ1) is 16.6. The van der Waals surface area contributed by atoms with Crippen molar-refractivity contribution >= 4 is 11.9 Å². The molecule has 2 atom stereocenters. The maximum absolute atomic E-state index is 12.4. The molecule has 2 heterocycles. The number of hydrogen-bond acceptors (Lipinski definition) is 8. The van der Waals surface area contributed by atoms with Gasteiger partial charge in [-0.25, -0.2) is 9.59 Å². The zero-order valence-electron chi connectivity index (χ0n) is 18.2. The molecule has 2 aliphatic rings. The second-order valence-corrected chi connectivity index (χ2v) is 7.83. The third-order valence-corrected chi connectivity index (χ3v) is 5.10. The van der Waals surface area contributed by atoms with Crippen molar-refractivity contribution in [1.82, 2.24) is 0 Å². The second kappa shape index (κ2) is 9.94. The fraction of sp³-hybridized carbons (Fsp3) is 0.231. The minimum absolute atomic E-state index is 0.166. The Hall–Kier alpha value is -3.88. The van der Waals surface area contributed by atoms with Gasteiger partial charge in [-0.3, -0.25) is 0 Å². The molecule has 8 nitrogen and oxygen atoms in total. The molecular formula is C26H22O8. The second-order valence-electron chi connectivity index (χ2n) is 7.83. The molecule has 174 valence electrons. The van der Waals surface area contributed by atoms with E-state index in [1.165, 1.54) is 0 Å². The quantitative estimate of drug-likeness (QED) is 0.256. The van der Waals surface area contributed by atoms with E-state index in [2.05, 4.69) is 0 Å². The van der Waals surface area contributed by atoms with Crippen LogP contribution < -0.4 is 18.9 Å². The summed E-state index contributed by atoms with van der Waals surface area (Å²) < 4.78 is 32.1. The van der Waals surface area contributed by atoms with Crippen LogP contribution in [0.4, 0.5) is 0 Å². The van der Waals surface area contributed by atoms with Crippen LogP contribution >= 0.6 is 0 Å². The van der Waals surface area contributed by atoms with Gasteiger partial charge < -0.3 is 28.4 Å². The van der Waals surface area contributed by atoms with Crippen molar-refractivity contribution in [2.75, 3.05) is 26.4 Å². The monoisotopic (exact) mass is 462 g/mol. The lowest BCUT2D eigenvalue weighted by Crippen LogP contribution is -2.10. The van der Waals surface area contributed by atoms with Crippen LogP contribution in [0.25, 0.3) is 0 Å². The summed E-state index contributed by atoms with van der Waals surface area (Å²) in [5.74, 6) is 0.977. The fourth-order valence-corrected chi connectivity index (χ4v) is 2.99. The fourth-order valence-electron chi connectivity index (χ4n) is 2.99. The number of carbonyl (C=O) groups is 2. The standard InChI is InChI=1S/C26H22O8/c27-25(17-1-5-19(6-2-17)29-13-23-15-31-23)33-21-9-11-22(12-10-21)34-26(28)18-3-7-20(8-4-18)30-14-24-16-32-24/h1-12,23-24H,13-16H2. The number of esters is 2. The first kappa shape index (κ1) is 21.9. The van der Waals surface area contributed by atoms with E-state index in [4.69, 9.17) is 28.4 Å². The van der Waals surface area contributed by atoms with Gasteiger partial charge in [0.05, 0.1) is 24.3 Å². The van der Waals surface area contributed by atoms with E-state index in [1.54, 1.807) is 72.8 Å². The SMILES string of the molecule is O=C(Oc1ccc(OC(=O)c2ccc(OCC3CO3)cc2)cc1)c1ccc(OCC2CO2)cc1. The zero-order chi connectivity index (χ0) is 23.3. The van der Waals surface area contributed by atoms with E-state index >= 15 is 0 Å². The topological polar surface area (TPSA) is 96.1 Å². The minimum atomic E-state index is -0.502. The molecule has 2 saturated heterocycles. The average molecular weight is 462 g/mol. The van der Waals surface area contributed by atoms with Gasteiger partial charge in [-0.15, -0.1) is 0 Å². The van der Waals surface area contributed by atoms with Gasteiger partial charge in [0.2, 0.25) is 0 Å². The Balaban J connectivity index is 1.11. The van der Waals surface area contributed by atoms with Gasteiger partial charge in [-0.1, -0.05) is 0 Å². The normalized spacial score (nSPS) is 18.0. The Kier molecular flexibility index (Phi) is 6.42. The number of rotatable bonds is 10. The van der Waals surface area contributed by atoms with Crippen LogP contribution in [0.2, 0.25) is 0 Å². The predicted molar refractivity (Wildman–Crippen MR) is 120 cm³/mol. The first-order valence-electron chi connectivity index (χ1n) is 10.9. The Morgan fingerprint density at radius 2 is 0.912 bits per heavy atom. The van der Waals surface area contributed by atoms with Crippen LogP contribution in [-0.2, 0) is 9.47 Å². The van der Waals surface area contributed by atoms with Crippen LogP contribution in [0.5, 0.6) is 23.0 Å². The summed E-state index contributed by atoms with van der Waals surface area (Å²) in [4.78, 5) is 24.8. The lowest BCUT2D eigenvalue weighted by molar-refractivity contribution is 0.0719. The number of hydrogen-bond donors (Lipinski definition) is 0. The molecule has 0 bridgehead atoms. The summed E-state index contributed by atoms with van der Waals surface area (Å²) in [7, 11) is 0. The van der Waals surface area contributed by atoms with Crippen LogP contribution in [0.15, 0.2) is 72.8 Å². The number of ether oxygens (including phenoxy) is 6. The molecule has 0 spiro atoms. The van der Waals surface area contributed by atoms with Gasteiger partial charge in [-0.05, 0) is 72.8 Å². The van der Waals surface area contributed by atoms with Gasteiger partial charge in [0.25, 0.3) is 0 Å². The Bertz CT molecular complexity index is 1040. The first-order valence-corrected chi connectivity index (χ1v) is 10.9. The maximum Gasteiger partial charge on any atom is 0.343 e. The van der Waals surface area contributed by atoms with Crippen LogP contribution in [0.3, 0.4) is 0 Å². The summed E-state index contributed by atoms with van der Waals surface area (Å²) in [5.41, 5.74) is 0.783. The van der Waals surface area contributed by atoms with Gasteiger partial charge in [0.1, 0.15) is 48.4 Å². The zero-order valence-corrected chi connectivity index (χ0v) is 18.2. The molecule has 2 unspecified atom stereocenters. The van der Waals surface area contributed by atoms with Crippen molar-refractivity contribution < 1.29 is 38.0 Å². The highest BCUT2D eigenvalue weighted by molar-refractivity contribution is 5.92. The van der Waals surface area contributed by atoms with E-state index < -0.39 is 11.9 Å². The van der Waals surface area contributed by atoms with E-state index in [0.717, 1.165) is 13.2 Å². The molecule has 34 heavy (non-hydrogen) atoms. The highest BCUT2D eigenvalue weighted by Crippen LogP contribution is 2.22.